The Morgan fingerprint density at radius 1 is 0.812 bits per heavy atom. The Kier molecular flexibility index (Phi) is 6.00. The standard InChI is InChI=1S/C26H26N2O3S/c1-18-9-11-21(12-10-18)16-28(32(30,31)23-7-5-4-6-8-23)17-22-15-24-20(3)13-19(2)14-25(24)27-26(22)29/h4-15H,16-17H2,1-3H3,(H,27,29). The molecule has 0 amide bonds. The van der Waals surface area contributed by atoms with E-state index < -0.39 is 10.0 Å². The Balaban J connectivity index is 1.79. The third-order valence-electron chi connectivity index (χ3n) is 5.60. The molecule has 0 radical (unpaired) electrons. The van der Waals surface area contributed by atoms with Crippen LogP contribution >= 0.6 is 0 Å². The summed E-state index contributed by atoms with van der Waals surface area (Å²) in [6, 6.07) is 21.9. The molecule has 0 aliphatic heterocycles. The van der Waals surface area contributed by atoms with Crippen LogP contribution in [-0.4, -0.2) is 17.7 Å². The molecule has 0 saturated heterocycles. The summed E-state index contributed by atoms with van der Waals surface area (Å²) in [7, 11) is -3.81. The molecule has 0 atom stereocenters. The minimum atomic E-state index is -3.81. The van der Waals surface area contributed by atoms with Crippen LogP contribution in [0.3, 0.4) is 0 Å². The monoisotopic (exact) mass is 446 g/mol. The Morgan fingerprint density at radius 3 is 2.19 bits per heavy atom. The average molecular weight is 447 g/mol. The van der Waals surface area contributed by atoms with E-state index in [4.69, 9.17) is 0 Å². The van der Waals surface area contributed by atoms with E-state index in [-0.39, 0.29) is 23.5 Å². The molecule has 6 heteroatoms. The Morgan fingerprint density at radius 2 is 1.50 bits per heavy atom. The second kappa shape index (κ2) is 8.73. The molecular weight excluding hydrogens is 420 g/mol. The lowest BCUT2D eigenvalue weighted by Gasteiger charge is -2.22. The number of aromatic amines is 1. The molecule has 0 saturated carbocycles. The van der Waals surface area contributed by atoms with E-state index in [2.05, 4.69) is 11.1 Å². The molecule has 0 aliphatic rings. The van der Waals surface area contributed by atoms with Gasteiger partial charge >= 0.3 is 0 Å². The number of nitrogens with one attached hydrogen (secondary N) is 1. The molecule has 0 unspecified atom stereocenters. The number of benzene rings is 3. The summed E-state index contributed by atoms with van der Waals surface area (Å²) < 4.78 is 28.4. The van der Waals surface area contributed by atoms with Gasteiger partial charge in [0, 0.05) is 29.6 Å². The topological polar surface area (TPSA) is 70.2 Å². The van der Waals surface area contributed by atoms with Crippen LogP contribution in [0.25, 0.3) is 10.9 Å². The lowest BCUT2D eigenvalue weighted by atomic mass is 10.0. The van der Waals surface area contributed by atoms with Gasteiger partial charge < -0.3 is 4.98 Å². The second-order valence-corrected chi connectivity index (χ2v) is 10.2. The third-order valence-corrected chi connectivity index (χ3v) is 7.40. The van der Waals surface area contributed by atoms with Crippen molar-refractivity contribution in [2.24, 2.45) is 0 Å². The summed E-state index contributed by atoms with van der Waals surface area (Å²) in [5.74, 6) is 0. The van der Waals surface area contributed by atoms with Gasteiger partial charge in [0.2, 0.25) is 10.0 Å². The first kappa shape index (κ1) is 22.0. The number of hydrogen-bond donors (Lipinski definition) is 1. The van der Waals surface area contributed by atoms with Gasteiger partial charge in [0.25, 0.3) is 5.56 Å². The van der Waals surface area contributed by atoms with E-state index in [1.807, 2.05) is 57.2 Å². The maximum Gasteiger partial charge on any atom is 0.252 e. The van der Waals surface area contributed by atoms with Gasteiger partial charge in [0.05, 0.1) is 4.90 Å². The van der Waals surface area contributed by atoms with Crippen molar-refractivity contribution in [2.75, 3.05) is 0 Å². The van der Waals surface area contributed by atoms with Gasteiger partial charge in [0.15, 0.2) is 0 Å². The molecule has 0 bridgehead atoms. The first-order chi connectivity index (χ1) is 15.2. The zero-order valence-corrected chi connectivity index (χ0v) is 19.2. The lowest BCUT2D eigenvalue weighted by molar-refractivity contribution is 0.400. The molecular formula is C26H26N2O3S. The van der Waals surface area contributed by atoms with E-state index in [1.165, 1.54) is 4.31 Å². The van der Waals surface area contributed by atoms with E-state index in [9.17, 15) is 13.2 Å². The van der Waals surface area contributed by atoms with Crippen molar-refractivity contribution in [3.05, 3.63) is 111 Å². The number of nitrogens with zero attached hydrogens (tertiary/aromatic N) is 1. The van der Waals surface area contributed by atoms with Gasteiger partial charge in [-0.15, -0.1) is 0 Å². The molecule has 32 heavy (non-hydrogen) atoms. The van der Waals surface area contributed by atoms with Crippen LogP contribution < -0.4 is 5.56 Å². The molecule has 1 aromatic heterocycles. The molecule has 1 heterocycles. The number of aryl methyl sites for hydroxylation is 3. The predicted molar refractivity (Wildman–Crippen MR) is 128 cm³/mol. The van der Waals surface area contributed by atoms with Gasteiger partial charge in [0.1, 0.15) is 0 Å². The molecule has 0 spiro atoms. The van der Waals surface area contributed by atoms with Crippen molar-refractivity contribution in [1.29, 1.82) is 0 Å². The fourth-order valence-electron chi connectivity index (χ4n) is 3.89. The van der Waals surface area contributed by atoms with Gasteiger partial charge in [-0.3, -0.25) is 4.79 Å². The first-order valence-electron chi connectivity index (χ1n) is 10.5. The molecule has 0 fully saturated rings. The summed E-state index contributed by atoms with van der Waals surface area (Å²) in [5.41, 5.74) is 4.95. The van der Waals surface area contributed by atoms with Crippen LogP contribution in [-0.2, 0) is 23.1 Å². The maximum atomic E-state index is 13.5. The van der Waals surface area contributed by atoms with E-state index >= 15 is 0 Å². The van der Waals surface area contributed by atoms with E-state index in [0.29, 0.717) is 5.56 Å². The van der Waals surface area contributed by atoms with Gasteiger partial charge in [-0.05, 0) is 61.7 Å². The number of pyridine rings is 1. The maximum absolute atomic E-state index is 13.5. The van der Waals surface area contributed by atoms with Gasteiger partial charge in [-0.2, -0.15) is 4.31 Å². The lowest BCUT2D eigenvalue weighted by Crippen LogP contribution is -2.32. The van der Waals surface area contributed by atoms with Crippen molar-refractivity contribution >= 4 is 20.9 Å². The average Bonchev–Trinajstić information content (AvgIpc) is 2.76. The molecule has 0 aliphatic carbocycles. The van der Waals surface area contributed by atoms with Crippen LogP contribution in [0.4, 0.5) is 0 Å². The van der Waals surface area contributed by atoms with Crippen molar-refractivity contribution < 1.29 is 8.42 Å². The highest BCUT2D eigenvalue weighted by Gasteiger charge is 2.26. The number of fused-ring (bicyclic) bond motifs is 1. The minimum absolute atomic E-state index is 0.0241. The molecule has 1 N–H and O–H groups in total. The largest absolute Gasteiger partial charge is 0.322 e. The second-order valence-electron chi connectivity index (χ2n) is 8.24. The number of rotatable bonds is 6. The van der Waals surface area contributed by atoms with Crippen LogP contribution in [0, 0.1) is 20.8 Å². The van der Waals surface area contributed by atoms with E-state index in [0.717, 1.165) is 33.2 Å². The quantitative estimate of drug-likeness (QED) is 0.461. The van der Waals surface area contributed by atoms with Crippen LogP contribution in [0.5, 0.6) is 0 Å². The SMILES string of the molecule is Cc1ccc(CN(Cc2cc3c(C)cc(C)cc3[nH]c2=O)S(=O)(=O)c2ccccc2)cc1. The molecule has 3 aromatic carbocycles. The molecule has 4 aromatic rings. The zero-order valence-electron chi connectivity index (χ0n) is 18.4. The van der Waals surface area contributed by atoms with Crippen LogP contribution in [0.2, 0.25) is 0 Å². The first-order valence-corrected chi connectivity index (χ1v) is 11.9. The summed E-state index contributed by atoms with van der Waals surface area (Å²) >= 11 is 0. The zero-order chi connectivity index (χ0) is 22.9. The molecule has 164 valence electrons. The summed E-state index contributed by atoms with van der Waals surface area (Å²) in [4.78, 5) is 16.0. The van der Waals surface area contributed by atoms with Crippen LogP contribution in [0.1, 0.15) is 27.8 Å². The van der Waals surface area contributed by atoms with Crippen LogP contribution in [0.15, 0.2) is 82.5 Å². The number of hydrogen-bond acceptors (Lipinski definition) is 3. The highest BCUT2D eigenvalue weighted by Crippen LogP contribution is 2.23. The van der Waals surface area contributed by atoms with Gasteiger partial charge in [-0.25, -0.2) is 8.42 Å². The van der Waals surface area contributed by atoms with Gasteiger partial charge in [-0.1, -0.05) is 54.1 Å². The van der Waals surface area contributed by atoms with Crippen molar-refractivity contribution in [3.63, 3.8) is 0 Å². The Labute approximate surface area is 188 Å². The number of sulfonamides is 1. The molecule has 5 nitrogen and oxygen atoms in total. The van der Waals surface area contributed by atoms with E-state index in [1.54, 1.807) is 30.3 Å². The third kappa shape index (κ3) is 4.52. The fourth-order valence-corrected chi connectivity index (χ4v) is 5.32. The Hall–Kier alpha value is -3.22. The Bertz CT molecular complexity index is 1420. The summed E-state index contributed by atoms with van der Waals surface area (Å²) in [6.07, 6.45) is 0. The minimum Gasteiger partial charge on any atom is -0.322 e. The van der Waals surface area contributed by atoms with Crippen molar-refractivity contribution in [1.82, 2.24) is 9.29 Å². The highest BCUT2D eigenvalue weighted by atomic mass is 32.2. The number of H-pyrrole nitrogens is 1. The highest BCUT2D eigenvalue weighted by molar-refractivity contribution is 7.89. The molecule has 4 rings (SSSR count). The summed E-state index contributed by atoms with van der Waals surface area (Å²) in [6.45, 7) is 6.10. The normalized spacial score (nSPS) is 11.9. The summed E-state index contributed by atoms with van der Waals surface area (Å²) in [5, 5.41) is 0.914. The number of aromatic nitrogens is 1. The van der Waals surface area contributed by atoms with Crippen molar-refractivity contribution in [3.8, 4) is 0 Å². The predicted octanol–water partition coefficient (Wildman–Crippen LogP) is 4.84. The fraction of sp³-hybridized carbons (Fsp3) is 0.192. The smallest absolute Gasteiger partial charge is 0.252 e. The van der Waals surface area contributed by atoms with Crippen molar-refractivity contribution in [2.45, 2.75) is 38.8 Å².